The molecule has 2 aromatic rings. The van der Waals surface area contributed by atoms with E-state index in [0.29, 0.717) is 24.7 Å². The zero-order chi connectivity index (χ0) is 14.8. The Bertz CT molecular complexity index is 667. The first kappa shape index (κ1) is 13.7. The molecule has 6 nitrogen and oxygen atoms in total. The maximum Gasteiger partial charge on any atom is 0.272 e. The van der Waals surface area contributed by atoms with Crippen molar-refractivity contribution in [3.05, 3.63) is 57.9 Å². The second-order valence-corrected chi connectivity index (χ2v) is 5.20. The van der Waals surface area contributed by atoms with Gasteiger partial charge in [-0.2, -0.15) is 0 Å². The Morgan fingerprint density at radius 3 is 2.95 bits per heavy atom. The fourth-order valence-corrected chi connectivity index (χ4v) is 2.20. The fourth-order valence-electron chi connectivity index (χ4n) is 2.20. The van der Waals surface area contributed by atoms with Crippen LogP contribution in [0, 0.1) is 15.9 Å². The number of nitrogens with zero attached hydrogens (tertiary/aromatic N) is 3. The molecule has 0 amide bonds. The van der Waals surface area contributed by atoms with E-state index in [4.69, 9.17) is 0 Å². The summed E-state index contributed by atoms with van der Waals surface area (Å²) < 4.78 is 15.3. The van der Waals surface area contributed by atoms with Gasteiger partial charge in [0, 0.05) is 31.0 Å². The second kappa shape index (κ2) is 5.61. The Hall–Kier alpha value is -2.28. The number of halogens is 1. The average Bonchev–Trinajstić information content (AvgIpc) is 3.16. The maximum absolute atomic E-state index is 13.4. The van der Waals surface area contributed by atoms with Gasteiger partial charge in [0.25, 0.3) is 5.69 Å². The topological polar surface area (TPSA) is 73.0 Å². The fraction of sp³-hybridized carbons (Fsp3) is 0.357. The van der Waals surface area contributed by atoms with Crippen LogP contribution in [0.2, 0.25) is 0 Å². The Morgan fingerprint density at radius 2 is 2.24 bits per heavy atom. The molecule has 1 heterocycles. The van der Waals surface area contributed by atoms with E-state index >= 15 is 0 Å². The van der Waals surface area contributed by atoms with E-state index in [1.807, 2.05) is 4.57 Å². The lowest BCUT2D eigenvalue weighted by atomic mass is 10.2. The van der Waals surface area contributed by atoms with E-state index in [1.54, 1.807) is 12.4 Å². The van der Waals surface area contributed by atoms with Gasteiger partial charge in [-0.1, -0.05) is 0 Å². The lowest BCUT2D eigenvalue weighted by molar-refractivity contribution is -0.385. The number of rotatable bonds is 6. The van der Waals surface area contributed by atoms with Gasteiger partial charge in [-0.15, -0.1) is 0 Å². The van der Waals surface area contributed by atoms with E-state index in [2.05, 4.69) is 10.3 Å². The van der Waals surface area contributed by atoms with E-state index < -0.39 is 10.7 Å². The largest absolute Gasteiger partial charge is 0.329 e. The highest BCUT2D eigenvalue weighted by Gasteiger charge is 2.21. The molecule has 21 heavy (non-hydrogen) atoms. The number of nitrogens with one attached hydrogen (secondary N) is 1. The third-order valence-electron chi connectivity index (χ3n) is 3.43. The Balaban J connectivity index is 1.76. The zero-order valence-corrected chi connectivity index (χ0v) is 11.3. The van der Waals surface area contributed by atoms with E-state index in [-0.39, 0.29) is 5.69 Å². The van der Waals surface area contributed by atoms with Crippen molar-refractivity contribution in [2.45, 2.75) is 32.0 Å². The molecule has 0 atom stereocenters. The van der Waals surface area contributed by atoms with Crippen LogP contribution >= 0.6 is 0 Å². The lowest BCUT2D eigenvalue weighted by Crippen LogP contribution is -2.19. The predicted molar refractivity (Wildman–Crippen MR) is 74.2 cm³/mol. The van der Waals surface area contributed by atoms with Gasteiger partial charge in [-0.3, -0.25) is 10.1 Å². The lowest BCUT2D eigenvalue weighted by Gasteiger charge is -2.09. The second-order valence-electron chi connectivity index (χ2n) is 5.20. The van der Waals surface area contributed by atoms with Crippen LogP contribution in [0.4, 0.5) is 10.1 Å². The Labute approximate surface area is 120 Å². The molecule has 1 saturated carbocycles. The molecule has 0 saturated heterocycles. The van der Waals surface area contributed by atoms with Crippen LogP contribution in [0.5, 0.6) is 0 Å². The number of non-ortho nitro benzene ring substituents is 1. The van der Waals surface area contributed by atoms with Gasteiger partial charge in [-0.05, 0) is 24.5 Å². The summed E-state index contributed by atoms with van der Waals surface area (Å²) in [4.78, 5) is 14.4. The Kier molecular flexibility index (Phi) is 3.66. The highest BCUT2D eigenvalue weighted by molar-refractivity contribution is 5.35. The van der Waals surface area contributed by atoms with Crippen molar-refractivity contribution >= 4 is 5.69 Å². The molecular formula is C14H15FN4O2. The standard InChI is InChI=1S/C14H15FN4O2/c15-11-5-10(6-13(7-11)19(20)21)9-18-4-3-16-14(18)8-17-12-1-2-12/h3-7,12,17H,1-2,8-9H2. The predicted octanol–water partition coefficient (Wildman–Crippen LogP) is 2.23. The average molecular weight is 290 g/mol. The van der Waals surface area contributed by atoms with E-state index in [1.165, 1.54) is 25.0 Å². The third-order valence-corrected chi connectivity index (χ3v) is 3.43. The number of hydrogen-bond donors (Lipinski definition) is 1. The number of nitro benzene ring substituents is 1. The third kappa shape index (κ3) is 3.43. The number of hydrogen-bond acceptors (Lipinski definition) is 4. The van der Waals surface area contributed by atoms with Gasteiger partial charge >= 0.3 is 0 Å². The minimum absolute atomic E-state index is 0.234. The molecule has 0 unspecified atom stereocenters. The molecule has 7 heteroatoms. The van der Waals surface area contributed by atoms with Crippen LogP contribution in [0.15, 0.2) is 30.6 Å². The summed E-state index contributed by atoms with van der Waals surface area (Å²) in [5, 5.41) is 14.1. The van der Waals surface area contributed by atoms with Gasteiger partial charge < -0.3 is 9.88 Å². The van der Waals surface area contributed by atoms with Crippen LogP contribution in [0.3, 0.4) is 0 Å². The van der Waals surface area contributed by atoms with Crippen molar-refractivity contribution in [3.8, 4) is 0 Å². The van der Waals surface area contributed by atoms with Crippen molar-refractivity contribution in [3.63, 3.8) is 0 Å². The monoisotopic (exact) mass is 290 g/mol. The summed E-state index contributed by atoms with van der Waals surface area (Å²) in [5.74, 6) is 0.241. The molecule has 0 radical (unpaired) electrons. The summed E-state index contributed by atoms with van der Waals surface area (Å²) >= 11 is 0. The summed E-state index contributed by atoms with van der Waals surface area (Å²) in [5.41, 5.74) is 0.315. The molecule has 0 spiro atoms. The van der Waals surface area contributed by atoms with Gasteiger partial charge in [0.2, 0.25) is 0 Å². The SMILES string of the molecule is O=[N+]([O-])c1cc(F)cc(Cn2ccnc2CNC2CC2)c1. The molecule has 1 fully saturated rings. The van der Waals surface area contributed by atoms with Crippen LogP contribution in [0.25, 0.3) is 0 Å². The van der Waals surface area contributed by atoms with Crippen molar-refractivity contribution in [1.29, 1.82) is 0 Å². The van der Waals surface area contributed by atoms with Crippen LogP contribution in [-0.2, 0) is 13.1 Å². The number of imidazole rings is 1. The normalized spacial score (nSPS) is 14.3. The molecular weight excluding hydrogens is 275 g/mol. The molecule has 110 valence electrons. The van der Waals surface area contributed by atoms with Crippen molar-refractivity contribution < 1.29 is 9.31 Å². The smallest absolute Gasteiger partial charge is 0.272 e. The molecule has 1 aliphatic carbocycles. The van der Waals surface area contributed by atoms with Gasteiger partial charge in [0.15, 0.2) is 0 Å². The van der Waals surface area contributed by atoms with Crippen molar-refractivity contribution in [2.75, 3.05) is 0 Å². The number of aromatic nitrogens is 2. The van der Waals surface area contributed by atoms with Crippen LogP contribution < -0.4 is 5.32 Å². The highest BCUT2D eigenvalue weighted by Crippen LogP contribution is 2.20. The Morgan fingerprint density at radius 1 is 1.43 bits per heavy atom. The van der Waals surface area contributed by atoms with Crippen molar-refractivity contribution in [2.24, 2.45) is 0 Å². The first-order valence-electron chi connectivity index (χ1n) is 6.79. The summed E-state index contributed by atoms with van der Waals surface area (Å²) in [6.07, 6.45) is 5.85. The van der Waals surface area contributed by atoms with E-state index in [9.17, 15) is 14.5 Å². The number of benzene rings is 1. The molecule has 1 aliphatic rings. The molecule has 0 bridgehead atoms. The minimum Gasteiger partial charge on any atom is -0.329 e. The quantitative estimate of drug-likeness (QED) is 0.654. The van der Waals surface area contributed by atoms with Crippen molar-refractivity contribution in [1.82, 2.24) is 14.9 Å². The molecule has 1 aromatic carbocycles. The van der Waals surface area contributed by atoms with Gasteiger partial charge in [-0.25, -0.2) is 9.37 Å². The summed E-state index contributed by atoms with van der Waals surface area (Å²) in [7, 11) is 0. The first-order chi connectivity index (χ1) is 10.1. The molecule has 3 rings (SSSR count). The first-order valence-corrected chi connectivity index (χ1v) is 6.79. The zero-order valence-electron chi connectivity index (χ0n) is 11.3. The molecule has 1 N–H and O–H groups in total. The molecule has 0 aliphatic heterocycles. The molecule has 1 aromatic heterocycles. The maximum atomic E-state index is 13.4. The minimum atomic E-state index is -0.600. The van der Waals surface area contributed by atoms with Crippen LogP contribution in [-0.4, -0.2) is 20.5 Å². The summed E-state index contributed by atoms with van der Waals surface area (Å²) in [6.45, 7) is 1.01. The highest BCUT2D eigenvalue weighted by atomic mass is 19.1. The van der Waals surface area contributed by atoms with E-state index in [0.717, 1.165) is 11.9 Å². The van der Waals surface area contributed by atoms with Gasteiger partial charge in [0.1, 0.15) is 11.6 Å². The summed E-state index contributed by atoms with van der Waals surface area (Å²) in [6, 6.07) is 4.20. The van der Waals surface area contributed by atoms with Gasteiger partial charge in [0.05, 0.1) is 17.5 Å². The van der Waals surface area contributed by atoms with Crippen LogP contribution in [0.1, 0.15) is 24.2 Å². The number of nitro groups is 1.